The van der Waals surface area contributed by atoms with Crippen LogP contribution in [0.25, 0.3) is 10.9 Å². The first-order valence-corrected chi connectivity index (χ1v) is 7.67. The van der Waals surface area contributed by atoms with E-state index in [2.05, 4.69) is 61.9 Å². The van der Waals surface area contributed by atoms with Crippen LogP contribution in [0.5, 0.6) is 0 Å². The third-order valence-electron chi connectivity index (χ3n) is 3.78. The van der Waals surface area contributed by atoms with E-state index in [1.807, 2.05) is 26.2 Å². The van der Waals surface area contributed by atoms with Gasteiger partial charge in [-0.3, -0.25) is 0 Å². The molecule has 3 N–H and O–H groups in total. The average Bonchev–Trinajstić information content (AvgIpc) is 2.60. The lowest BCUT2D eigenvalue weighted by Gasteiger charge is -2.13. The van der Waals surface area contributed by atoms with E-state index in [1.54, 1.807) is 6.07 Å². The average molecular weight is 320 g/mol. The number of fused-ring (bicyclic) bond motifs is 1. The Morgan fingerprint density at radius 1 is 1.04 bits per heavy atom. The molecule has 1 heterocycles. The smallest absolute Gasteiger partial charge is 0.176 e. The van der Waals surface area contributed by atoms with Crippen molar-refractivity contribution in [3.8, 4) is 0 Å². The zero-order valence-corrected chi connectivity index (χ0v) is 13.8. The minimum atomic E-state index is 0.509. The van der Waals surface area contributed by atoms with Crippen LogP contribution in [0, 0.1) is 0 Å². The van der Waals surface area contributed by atoms with Crippen molar-refractivity contribution in [2.75, 3.05) is 24.3 Å². The molecule has 0 saturated heterocycles. The van der Waals surface area contributed by atoms with Gasteiger partial charge in [-0.25, -0.2) is 4.98 Å². The van der Waals surface area contributed by atoms with Gasteiger partial charge >= 0.3 is 0 Å². The SMILES string of the molecule is CN(C)c1ccc(NCc2ccc3ccc(N=NN)nc3c2)cc1. The molecule has 0 atom stereocenters. The van der Waals surface area contributed by atoms with Gasteiger partial charge in [-0.05, 0) is 48.0 Å². The van der Waals surface area contributed by atoms with Gasteiger partial charge < -0.3 is 16.1 Å². The van der Waals surface area contributed by atoms with Crippen LogP contribution >= 0.6 is 0 Å². The lowest BCUT2D eigenvalue weighted by Crippen LogP contribution is -2.08. The topological polar surface area (TPSA) is 78.9 Å². The van der Waals surface area contributed by atoms with Gasteiger partial charge in [0.2, 0.25) is 0 Å². The summed E-state index contributed by atoms with van der Waals surface area (Å²) in [7, 11) is 4.06. The minimum absolute atomic E-state index is 0.509. The molecule has 6 heteroatoms. The fraction of sp³-hybridized carbons (Fsp3) is 0.167. The summed E-state index contributed by atoms with van der Waals surface area (Å²) in [5.41, 5.74) is 4.28. The van der Waals surface area contributed by atoms with Crippen LogP contribution in [-0.4, -0.2) is 19.1 Å². The summed E-state index contributed by atoms with van der Waals surface area (Å²) in [6, 6.07) is 18.3. The lowest BCUT2D eigenvalue weighted by atomic mass is 10.1. The zero-order valence-electron chi connectivity index (χ0n) is 13.8. The number of anilines is 2. The van der Waals surface area contributed by atoms with E-state index < -0.39 is 0 Å². The molecule has 0 aliphatic rings. The maximum atomic E-state index is 5.08. The molecule has 0 bridgehead atoms. The van der Waals surface area contributed by atoms with Crippen LogP contribution in [0.4, 0.5) is 17.2 Å². The van der Waals surface area contributed by atoms with Crippen LogP contribution in [0.2, 0.25) is 0 Å². The highest BCUT2D eigenvalue weighted by atomic mass is 15.3. The second-order valence-corrected chi connectivity index (χ2v) is 5.71. The van der Waals surface area contributed by atoms with Crippen LogP contribution in [0.3, 0.4) is 0 Å². The van der Waals surface area contributed by atoms with Gasteiger partial charge in [-0.2, -0.15) is 0 Å². The van der Waals surface area contributed by atoms with Crippen LogP contribution in [0.1, 0.15) is 5.56 Å². The van der Waals surface area contributed by atoms with Crippen LogP contribution in [-0.2, 0) is 6.54 Å². The Hall–Kier alpha value is -3.15. The maximum absolute atomic E-state index is 5.08. The molecule has 1 aromatic heterocycles. The van der Waals surface area contributed by atoms with Crippen molar-refractivity contribution in [1.29, 1.82) is 0 Å². The van der Waals surface area contributed by atoms with Crippen LogP contribution in [0.15, 0.2) is 64.9 Å². The van der Waals surface area contributed by atoms with E-state index in [9.17, 15) is 0 Å². The van der Waals surface area contributed by atoms with Crippen molar-refractivity contribution in [3.05, 3.63) is 60.2 Å². The highest BCUT2D eigenvalue weighted by molar-refractivity contribution is 5.80. The number of hydrogen-bond donors (Lipinski definition) is 2. The van der Waals surface area contributed by atoms with E-state index in [0.717, 1.165) is 28.7 Å². The first kappa shape index (κ1) is 15.7. The molecule has 0 aliphatic carbocycles. The van der Waals surface area contributed by atoms with Gasteiger partial charge in [0.25, 0.3) is 0 Å². The molecule has 0 amide bonds. The Balaban J connectivity index is 1.74. The number of pyridine rings is 1. The highest BCUT2D eigenvalue weighted by Crippen LogP contribution is 2.20. The molecular formula is C18H20N6. The van der Waals surface area contributed by atoms with E-state index in [1.165, 1.54) is 5.69 Å². The summed E-state index contributed by atoms with van der Waals surface area (Å²) in [5, 5.41) is 11.5. The van der Waals surface area contributed by atoms with Crippen LogP contribution < -0.4 is 16.1 Å². The molecule has 0 spiro atoms. The number of aromatic nitrogens is 1. The Bertz CT molecular complexity index is 855. The number of rotatable bonds is 5. The molecule has 2 aromatic carbocycles. The van der Waals surface area contributed by atoms with Gasteiger partial charge in [0.1, 0.15) is 0 Å². The summed E-state index contributed by atoms with van der Waals surface area (Å²) in [6.45, 7) is 0.724. The molecule has 0 saturated carbocycles. The first-order chi connectivity index (χ1) is 11.7. The summed E-state index contributed by atoms with van der Waals surface area (Å²) in [6.07, 6.45) is 0. The number of hydrogen-bond acceptors (Lipinski definition) is 5. The number of nitrogens with one attached hydrogen (secondary N) is 1. The van der Waals surface area contributed by atoms with Gasteiger partial charge in [0.15, 0.2) is 5.82 Å². The van der Waals surface area contributed by atoms with Crippen molar-refractivity contribution in [1.82, 2.24) is 4.98 Å². The zero-order chi connectivity index (χ0) is 16.9. The summed E-state index contributed by atoms with van der Waals surface area (Å²) in [5.74, 6) is 5.59. The highest BCUT2D eigenvalue weighted by Gasteiger charge is 2.01. The molecule has 0 fully saturated rings. The molecule has 6 nitrogen and oxygen atoms in total. The maximum Gasteiger partial charge on any atom is 0.176 e. The second-order valence-electron chi connectivity index (χ2n) is 5.71. The largest absolute Gasteiger partial charge is 0.381 e. The first-order valence-electron chi connectivity index (χ1n) is 7.67. The van der Waals surface area contributed by atoms with Gasteiger partial charge in [0.05, 0.1) is 5.52 Å². The van der Waals surface area contributed by atoms with E-state index in [-0.39, 0.29) is 0 Å². The fourth-order valence-corrected chi connectivity index (χ4v) is 2.46. The van der Waals surface area contributed by atoms with Gasteiger partial charge in [-0.1, -0.05) is 17.4 Å². The molecule has 0 radical (unpaired) electrons. The Kier molecular flexibility index (Phi) is 4.56. The van der Waals surface area contributed by atoms with Crippen molar-refractivity contribution >= 4 is 28.1 Å². The van der Waals surface area contributed by atoms with Gasteiger partial charge in [-0.15, -0.1) is 5.11 Å². The van der Waals surface area contributed by atoms with Crippen molar-refractivity contribution < 1.29 is 0 Å². The standard InChI is InChI=1S/C18H20N6/c1-24(2)16-8-6-15(7-9-16)20-12-13-3-4-14-5-10-18(22-23-19)21-17(14)11-13/h3-11,20H,12H2,1-2H3,(H2,19,21,22). The third-order valence-corrected chi connectivity index (χ3v) is 3.78. The van der Waals surface area contributed by atoms with E-state index in [4.69, 9.17) is 5.84 Å². The molecule has 122 valence electrons. The lowest BCUT2D eigenvalue weighted by molar-refractivity contribution is 1.04. The Morgan fingerprint density at radius 2 is 1.79 bits per heavy atom. The van der Waals surface area contributed by atoms with E-state index >= 15 is 0 Å². The van der Waals surface area contributed by atoms with Crippen molar-refractivity contribution in [2.45, 2.75) is 6.54 Å². The fourth-order valence-electron chi connectivity index (χ4n) is 2.46. The Morgan fingerprint density at radius 3 is 2.50 bits per heavy atom. The summed E-state index contributed by atoms with van der Waals surface area (Å²) < 4.78 is 0. The van der Waals surface area contributed by atoms with Crippen molar-refractivity contribution in [3.63, 3.8) is 0 Å². The number of benzene rings is 2. The molecular weight excluding hydrogens is 300 g/mol. The number of nitrogens with two attached hydrogens (primary N) is 1. The predicted octanol–water partition coefficient (Wildman–Crippen LogP) is 3.87. The third kappa shape index (κ3) is 3.60. The van der Waals surface area contributed by atoms with E-state index in [0.29, 0.717) is 5.82 Å². The normalized spacial score (nSPS) is 11.1. The molecule has 0 aliphatic heterocycles. The minimum Gasteiger partial charge on any atom is -0.381 e. The summed E-state index contributed by atoms with van der Waals surface area (Å²) >= 11 is 0. The number of nitrogens with zero attached hydrogens (tertiary/aromatic N) is 4. The monoisotopic (exact) mass is 320 g/mol. The quantitative estimate of drug-likeness (QED) is 0.425. The molecule has 24 heavy (non-hydrogen) atoms. The predicted molar refractivity (Wildman–Crippen MR) is 98.5 cm³/mol. The second kappa shape index (κ2) is 6.95. The van der Waals surface area contributed by atoms with Gasteiger partial charge in [0, 0.05) is 37.4 Å². The summed E-state index contributed by atoms with van der Waals surface area (Å²) in [4.78, 5) is 6.52. The van der Waals surface area contributed by atoms with Crippen molar-refractivity contribution in [2.24, 2.45) is 16.2 Å². The molecule has 3 aromatic rings. The molecule has 0 unspecified atom stereocenters. The Labute approximate surface area is 141 Å². The molecule has 3 rings (SSSR count).